The first-order chi connectivity index (χ1) is 16.7. The van der Waals surface area contributed by atoms with Crippen LogP contribution >= 0.6 is 23.4 Å². The summed E-state index contributed by atoms with van der Waals surface area (Å²) in [6.07, 6.45) is 3.32. The summed E-state index contributed by atoms with van der Waals surface area (Å²) < 4.78 is 13.9. The van der Waals surface area contributed by atoms with Crippen LogP contribution in [-0.4, -0.2) is 28.1 Å². The molecule has 0 fully saturated rings. The molecule has 0 radical (unpaired) electrons. The zero-order chi connectivity index (χ0) is 23.2. The van der Waals surface area contributed by atoms with Crippen molar-refractivity contribution in [1.29, 1.82) is 0 Å². The summed E-state index contributed by atoms with van der Waals surface area (Å²) in [5.74, 6) is 2.24. The monoisotopic (exact) mass is 488 g/mol. The van der Waals surface area contributed by atoms with Gasteiger partial charge in [0.2, 0.25) is 5.95 Å². The lowest BCUT2D eigenvalue weighted by Crippen LogP contribution is -2.32. The molecular formula is C26H21ClN4O2S. The van der Waals surface area contributed by atoms with Gasteiger partial charge in [-0.2, -0.15) is 10.1 Å². The summed E-state index contributed by atoms with van der Waals surface area (Å²) in [6, 6.07) is 22.0. The van der Waals surface area contributed by atoms with E-state index in [2.05, 4.69) is 58.1 Å². The number of benzene rings is 3. The smallest absolute Gasteiger partial charge is 0.226 e. The number of thioether (sulfide) groups is 1. The van der Waals surface area contributed by atoms with Crippen molar-refractivity contribution in [2.24, 2.45) is 0 Å². The number of nitrogens with zero attached hydrogens (tertiary/aromatic N) is 3. The number of aromatic nitrogens is 3. The Balaban J connectivity index is 1.59. The lowest BCUT2D eigenvalue weighted by molar-refractivity contribution is 0.223. The first-order valence-electron chi connectivity index (χ1n) is 10.8. The number of fused-ring (bicyclic) bond motifs is 3. The molecule has 3 heterocycles. The van der Waals surface area contributed by atoms with E-state index in [4.69, 9.17) is 21.1 Å². The first-order valence-corrected chi connectivity index (χ1v) is 12.4. The Hall–Kier alpha value is -3.42. The van der Waals surface area contributed by atoms with E-state index in [1.807, 2.05) is 35.0 Å². The molecule has 170 valence electrons. The normalized spacial score (nSPS) is 18.3. The third kappa shape index (κ3) is 3.43. The minimum atomic E-state index is -0.323. The van der Waals surface area contributed by atoms with Crippen LogP contribution in [0, 0.1) is 0 Å². The summed E-state index contributed by atoms with van der Waals surface area (Å²) in [4.78, 5) is 5.68. The van der Waals surface area contributed by atoms with Gasteiger partial charge < -0.3 is 14.8 Å². The second-order valence-corrected chi connectivity index (χ2v) is 9.39. The van der Waals surface area contributed by atoms with Crippen LogP contribution in [0.2, 0.25) is 5.02 Å². The van der Waals surface area contributed by atoms with Gasteiger partial charge >= 0.3 is 0 Å². The fourth-order valence-electron chi connectivity index (χ4n) is 4.60. The molecule has 8 heteroatoms. The molecule has 2 unspecified atom stereocenters. The van der Waals surface area contributed by atoms with Gasteiger partial charge in [-0.05, 0) is 59.8 Å². The van der Waals surface area contributed by atoms with Crippen LogP contribution in [0.4, 0.5) is 5.95 Å². The third-order valence-electron chi connectivity index (χ3n) is 6.23. The number of rotatable bonds is 4. The number of ether oxygens (including phenoxy) is 2. The predicted octanol–water partition coefficient (Wildman–Crippen LogP) is 6.22. The van der Waals surface area contributed by atoms with Gasteiger partial charge in [-0.1, -0.05) is 35.9 Å². The van der Waals surface area contributed by atoms with Crippen LogP contribution in [0.3, 0.4) is 0 Å². The van der Waals surface area contributed by atoms with Crippen LogP contribution in [0.1, 0.15) is 28.8 Å². The van der Waals surface area contributed by atoms with Gasteiger partial charge in [0.15, 0.2) is 0 Å². The average molecular weight is 489 g/mol. The van der Waals surface area contributed by atoms with Gasteiger partial charge in [-0.15, -0.1) is 11.8 Å². The minimum Gasteiger partial charge on any atom is -0.497 e. The molecule has 6 rings (SSSR count). The minimum absolute atomic E-state index is 0.225. The lowest BCUT2D eigenvalue weighted by atomic mass is 9.84. The van der Waals surface area contributed by atoms with E-state index in [0.717, 1.165) is 39.5 Å². The number of hydrogen-bond acceptors (Lipinski definition) is 6. The number of nitrogens with one attached hydrogen (secondary N) is 1. The lowest BCUT2D eigenvalue weighted by Gasteiger charge is -2.39. The molecule has 0 saturated heterocycles. The average Bonchev–Trinajstić information content (AvgIpc) is 3.35. The van der Waals surface area contributed by atoms with Crippen LogP contribution in [0.25, 0.3) is 5.70 Å². The summed E-state index contributed by atoms with van der Waals surface area (Å²) in [5.41, 5.74) is 5.03. The van der Waals surface area contributed by atoms with E-state index in [9.17, 15) is 0 Å². The van der Waals surface area contributed by atoms with Crippen molar-refractivity contribution in [3.63, 3.8) is 0 Å². The highest BCUT2D eigenvalue weighted by Gasteiger charge is 2.41. The van der Waals surface area contributed by atoms with E-state index < -0.39 is 0 Å². The standard InChI is InChI=1S/C26H21ClN4O2S/c1-32-18-8-3-15(4-9-18)24-22-23(30-26-28-14-29-31(24)26)20-13-17(27)7-12-21(20)33-25(22)16-5-10-19(34-2)11-6-16/h3-14,24-25H,1-2H3,(H,28,29,30). The predicted molar refractivity (Wildman–Crippen MR) is 135 cm³/mol. The van der Waals surface area contributed by atoms with E-state index in [0.29, 0.717) is 11.0 Å². The van der Waals surface area contributed by atoms with Crippen molar-refractivity contribution in [1.82, 2.24) is 14.8 Å². The number of methoxy groups -OCH3 is 1. The van der Waals surface area contributed by atoms with E-state index in [1.165, 1.54) is 4.90 Å². The fourth-order valence-corrected chi connectivity index (χ4v) is 5.18. The zero-order valence-electron chi connectivity index (χ0n) is 18.5. The molecule has 2 aliphatic rings. The van der Waals surface area contributed by atoms with Gasteiger partial charge in [0.1, 0.15) is 30.0 Å². The molecule has 0 saturated carbocycles. The van der Waals surface area contributed by atoms with Crippen LogP contribution in [0.15, 0.2) is 83.5 Å². The highest BCUT2D eigenvalue weighted by molar-refractivity contribution is 7.98. The van der Waals surface area contributed by atoms with E-state index >= 15 is 0 Å². The molecule has 0 amide bonds. The van der Waals surface area contributed by atoms with Crippen molar-refractivity contribution in [2.45, 2.75) is 17.0 Å². The highest BCUT2D eigenvalue weighted by Crippen LogP contribution is 2.51. The second-order valence-electron chi connectivity index (χ2n) is 8.07. The Morgan fingerprint density at radius 3 is 2.53 bits per heavy atom. The van der Waals surface area contributed by atoms with Gasteiger partial charge in [-0.3, -0.25) is 0 Å². The molecule has 1 N–H and O–H groups in total. The zero-order valence-corrected chi connectivity index (χ0v) is 20.1. The van der Waals surface area contributed by atoms with Crippen molar-refractivity contribution >= 4 is 35.0 Å². The van der Waals surface area contributed by atoms with Crippen LogP contribution < -0.4 is 14.8 Å². The molecule has 2 atom stereocenters. The maximum atomic E-state index is 6.65. The molecule has 0 spiro atoms. The largest absolute Gasteiger partial charge is 0.497 e. The van der Waals surface area contributed by atoms with Crippen molar-refractivity contribution in [3.05, 3.63) is 100 Å². The molecule has 2 aliphatic heterocycles. The van der Waals surface area contributed by atoms with Gasteiger partial charge in [0.25, 0.3) is 0 Å². The first kappa shape index (κ1) is 21.1. The van der Waals surface area contributed by atoms with Gasteiger partial charge in [-0.25, -0.2) is 4.68 Å². The summed E-state index contributed by atoms with van der Waals surface area (Å²) >= 11 is 8.12. The maximum absolute atomic E-state index is 6.65. The Morgan fingerprint density at radius 2 is 1.79 bits per heavy atom. The number of halogens is 1. The van der Waals surface area contributed by atoms with E-state index in [1.54, 1.807) is 25.2 Å². The maximum Gasteiger partial charge on any atom is 0.226 e. The summed E-state index contributed by atoms with van der Waals surface area (Å²) in [7, 11) is 1.67. The third-order valence-corrected chi connectivity index (χ3v) is 7.20. The number of hydrogen-bond donors (Lipinski definition) is 1. The SMILES string of the molecule is COc1ccc(C2C3=C(Nc4ncnn42)c2cc(Cl)ccc2OC3c2ccc(SC)cc2)cc1. The highest BCUT2D eigenvalue weighted by atomic mass is 35.5. The molecule has 34 heavy (non-hydrogen) atoms. The van der Waals surface area contributed by atoms with Crippen LogP contribution in [0.5, 0.6) is 11.5 Å². The Kier molecular flexibility index (Phi) is 5.23. The molecule has 0 bridgehead atoms. The number of anilines is 1. The Morgan fingerprint density at radius 1 is 1.03 bits per heavy atom. The van der Waals surface area contributed by atoms with Crippen molar-refractivity contribution in [3.8, 4) is 11.5 Å². The Labute approximate surface area is 206 Å². The van der Waals surface area contributed by atoms with E-state index in [-0.39, 0.29) is 12.1 Å². The molecule has 1 aromatic heterocycles. The summed E-state index contributed by atoms with van der Waals surface area (Å²) in [5, 5.41) is 8.72. The Bertz CT molecular complexity index is 1400. The summed E-state index contributed by atoms with van der Waals surface area (Å²) in [6.45, 7) is 0. The van der Waals surface area contributed by atoms with Crippen molar-refractivity contribution in [2.75, 3.05) is 18.7 Å². The van der Waals surface area contributed by atoms with Crippen LogP contribution in [-0.2, 0) is 0 Å². The topological polar surface area (TPSA) is 61.2 Å². The molecule has 0 aliphatic carbocycles. The quantitative estimate of drug-likeness (QED) is 0.344. The molecule has 6 nitrogen and oxygen atoms in total. The van der Waals surface area contributed by atoms with Gasteiger partial charge in [0.05, 0.1) is 12.8 Å². The fraction of sp³-hybridized carbons (Fsp3) is 0.154. The second kappa shape index (κ2) is 8.42. The molecular weight excluding hydrogens is 468 g/mol. The molecule has 4 aromatic rings. The van der Waals surface area contributed by atoms with Gasteiger partial charge in [0, 0.05) is 21.1 Å². The molecule has 3 aromatic carbocycles. The van der Waals surface area contributed by atoms with Crippen molar-refractivity contribution < 1.29 is 9.47 Å².